The molecule has 1 aliphatic carbocycles. The maximum Gasteiger partial charge on any atom is 0.217 e. The summed E-state index contributed by atoms with van der Waals surface area (Å²) < 4.78 is 5.76. The van der Waals surface area contributed by atoms with Gasteiger partial charge < -0.3 is 4.42 Å². The van der Waals surface area contributed by atoms with Crippen LogP contribution in [0.2, 0.25) is 0 Å². The number of hydrogen-bond donors (Lipinski definition) is 2. The number of rotatable bonds is 3. The number of Topliss-reactive ketones (excluding diaryl/α,β-unsaturated/α-hetero) is 2. The highest BCUT2D eigenvalue weighted by Gasteiger charge is 2.32. The lowest BCUT2D eigenvalue weighted by Gasteiger charge is -2.03. The van der Waals surface area contributed by atoms with Crippen LogP contribution in [0, 0.1) is 0 Å². The Bertz CT molecular complexity index is 1120. The molecule has 0 bridgehead atoms. The summed E-state index contributed by atoms with van der Waals surface area (Å²) >= 11 is 8.08. The minimum atomic E-state index is -0.393. The standard InChI is InChI=1S/C21H12O4S2/c22-19-13-3-1-2-4-14(13)20(23)16(19)10-12-6-7-17(25-12)11-5-8-18(26)15(9-11)21(24)27/h1-10,26H,(H,24,27). The highest BCUT2D eigenvalue weighted by molar-refractivity contribution is 7.97. The van der Waals surface area contributed by atoms with Gasteiger partial charge in [-0.15, -0.1) is 25.3 Å². The summed E-state index contributed by atoms with van der Waals surface area (Å²) in [5.41, 5.74) is 1.92. The van der Waals surface area contributed by atoms with Crippen LogP contribution in [0.1, 0.15) is 36.8 Å². The van der Waals surface area contributed by atoms with Gasteiger partial charge in [0, 0.05) is 27.1 Å². The van der Waals surface area contributed by atoms with E-state index in [1.54, 1.807) is 54.6 Å². The quantitative estimate of drug-likeness (QED) is 0.383. The molecule has 1 aromatic heterocycles. The van der Waals surface area contributed by atoms with Crippen molar-refractivity contribution in [2.75, 3.05) is 0 Å². The van der Waals surface area contributed by atoms with Gasteiger partial charge in [-0.3, -0.25) is 14.4 Å². The first kappa shape index (κ1) is 17.6. The molecule has 2 aromatic carbocycles. The van der Waals surface area contributed by atoms with E-state index >= 15 is 0 Å². The Morgan fingerprint density at radius 2 is 1.59 bits per heavy atom. The molecule has 1 aliphatic rings. The second-order valence-electron chi connectivity index (χ2n) is 6.00. The van der Waals surface area contributed by atoms with E-state index in [-0.39, 0.29) is 17.1 Å². The van der Waals surface area contributed by atoms with Crippen LogP contribution in [0.4, 0.5) is 0 Å². The molecule has 27 heavy (non-hydrogen) atoms. The van der Waals surface area contributed by atoms with E-state index in [9.17, 15) is 14.4 Å². The molecule has 0 atom stereocenters. The lowest BCUT2D eigenvalue weighted by atomic mass is 10.1. The van der Waals surface area contributed by atoms with Crippen LogP contribution >= 0.6 is 25.3 Å². The van der Waals surface area contributed by atoms with E-state index in [1.165, 1.54) is 6.08 Å². The van der Waals surface area contributed by atoms with Crippen molar-refractivity contribution in [3.63, 3.8) is 0 Å². The van der Waals surface area contributed by atoms with Crippen LogP contribution in [-0.2, 0) is 0 Å². The first-order chi connectivity index (χ1) is 13.0. The summed E-state index contributed by atoms with van der Waals surface area (Å²) in [7, 11) is 0. The zero-order valence-corrected chi connectivity index (χ0v) is 15.6. The first-order valence-electron chi connectivity index (χ1n) is 8.02. The SMILES string of the molecule is O=C(S)c1cc(-c2ccc(C=C3C(=O)c4ccccc4C3=O)o2)ccc1S. The smallest absolute Gasteiger partial charge is 0.217 e. The van der Waals surface area contributed by atoms with Crippen molar-refractivity contribution >= 4 is 48.0 Å². The number of furan rings is 1. The van der Waals surface area contributed by atoms with Gasteiger partial charge in [0.25, 0.3) is 0 Å². The zero-order chi connectivity index (χ0) is 19.1. The summed E-state index contributed by atoms with van der Waals surface area (Å²) in [5.74, 6) is 0.261. The monoisotopic (exact) mass is 392 g/mol. The predicted octanol–water partition coefficient (Wildman–Crippen LogP) is 4.77. The number of allylic oxidation sites excluding steroid dienone is 1. The number of carbonyl (C=O) groups excluding carboxylic acids is 3. The highest BCUT2D eigenvalue weighted by atomic mass is 32.1. The molecular weight excluding hydrogens is 380 g/mol. The van der Waals surface area contributed by atoms with E-state index in [1.807, 2.05) is 0 Å². The van der Waals surface area contributed by atoms with E-state index in [0.29, 0.717) is 38.7 Å². The van der Waals surface area contributed by atoms with Gasteiger partial charge in [-0.05, 0) is 30.3 Å². The van der Waals surface area contributed by atoms with Crippen molar-refractivity contribution in [1.82, 2.24) is 0 Å². The topological polar surface area (TPSA) is 64.3 Å². The van der Waals surface area contributed by atoms with Crippen LogP contribution in [0.3, 0.4) is 0 Å². The molecule has 0 spiro atoms. The summed E-state index contributed by atoms with van der Waals surface area (Å²) in [6.07, 6.45) is 1.45. The van der Waals surface area contributed by atoms with Crippen molar-refractivity contribution < 1.29 is 18.8 Å². The van der Waals surface area contributed by atoms with Gasteiger partial charge in [-0.1, -0.05) is 30.3 Å². The van der Waals surface area contributed by atoms with Gasteiger partial charge in [-0.25, -0.2) is 0 Å². The second-order valence-corrected chi connectivity index (χ2v) is 6.89. The van der Waals surface area contributed by atoms with E-state index < -0.39 is 5.12 Å². The Balaban J connectivity index is 1.70. The van der Waals surface area contributed by atoms with Crippen molar-refractivity contribution in [3.8, 4) is 11.3 Å². The van der Waals surface area contributed by atoms with Crippen LogP contribution in [0.25, 0.3) is 17.4 Å². The Kier molecular flexibility index (Phi) is 4.37. The molecule has 6 heteroatoms. The van der Waals surface area contributed by atoms with Crippen LogP contribution in [-0.4, -0.2) is 16.7 Å². The molecule has 4 rings (SSSR count). The molecular formula is C21H12O4S2. The molecule has 4 nitrogen and oxygen atoms in total. The van der Waals surface area contributed by atoms with E-state index in [2.05, 4.69) is 25.3 Å². The third kappa shape index (κ3) is 3.07. The Morgan fingerprint density at radius 3 is 2.22 bits per heavy atom. The second kappa shape index (κ2) is 6.72. The van der Waals surface area contributed by atoms with Crippen molar-refractivity contribution in [2.45, 2.75) is 4.90 Å². The van der Waals surface area contributed by atoms with E-state index in [0.717, 1.165) is 0 Å². The van der Waals surface area contributed by atoms with Gasteiger partial charge in [0.05, 0.1) is 5.57 Å². The molecule has 0 N–H and O–H groups in total. The molecule has 0 saturated heterocycles. The lowest BCUT2D eigenvalue weighted by molar-refractivity contribution is 0.0989. The third-order valence-corrected chi connectivity index (χ3v) is 4.96. The van der Waals surface area contributed by atoms with Crippen molar-refractivity contribution in [2.24, 2.45) is 0 Å². The number of ketones is 2. The fourth-order valence-electron chi connectivity index (χ4n) is 2.99. The van der Waals surface area contributed by atoms with E-state index in [4.69, 9.17) is 4.42 Å². The Morgan fingerprint density at radius 1 is 0.926 bits per heavy atom. The fraction of sp³-hybridized carbons (Fsp3) is 0. The van der Waals surface area contributed by atoms with Crippen molar-refractivity contribution in [1.29, 1.82) is 0 Å². The number of benzene rings is 2. The first-order valence-corrected chi connectivity index (χ1v) is 8.92. The molecule has 0 unspecified atom stereocenters. The summed E-state index contributed by atoms with van der Waals surface area (Å²) in [4.78, 5) is 37.0. The number of hydrogen-bond acceptors (Lipinski definition) is 5. The fourth-order valence-corrected chi connectivity index (χ4v) is 3.51. The maximum atomic E-state index is 12.5. The van der Waals surface area contributed by atoms with Gasteiger partial charge in [0.1, 0.15) is 11.5 Å². The molecule has 0 amide bonds. The van der Waals surface area contributed by atoms with Gasteiger partial charge in [0.15, 0.2) is 11.6 Å². The minimum Gasteiger partial charge on any atom is -0.457 e. The largest absolute Gasteiger partial charge is 0.457 e. The molecule has 0 fully saturated rings. The van der Waals surface area contributed by atoms with Gasteiger partial charge >= 0.3 is 0 Å². The number of thiol groups is 2. The summed E-state index contributed by atoms with van der Waals surface area (Å²) in [6, 6.07) is 15.2. The predicted molar refractivity (Wildman–Crippen MR) is 108 cm³/mol. The molecule has 0 radical (unpaired) electrons. The summed E-state index contributed by atoms with van der Waals surface area (Å²) in [5, 5.41) is -0.393. The van der Waals surface area contributed by atoms with Crippen molar-refractivity contribution in [3.05, 3.63) is 82.6 Å². The third-order valence-electron chi connectivity index (χ3n) is 4.33. The molecule has 0 saturated carbocycles. The molecule has 132 valence electrons. The number of fused-ring (bicyclic) bond motifs is 1. The average Bonchev–Trinajstić information content (AvgIpc) is 3.22. The molecule has 0 aliphatic heterocycles. The summed E-state index contributed by atoms with van der Waals surface area (Å²) in [6.45, 7) is 0. The average molecular weight is 392 g/mol. The minimum absolute atomic E-state index is 0.0778. The van der Waals surface area contributed by atoms with Crippen LogP contribution in [0.15, 0.2) is 69.5 Å². The maximum absolute atomic E-state index is 12.5. The Hall–Kier alpha value is -2.83. The Labute approximate surface area is 165 Å². The van der Waals surface area contributed by atoms with Gasteiger partial charge in [0.2, 0.25) is 5.12 Å². The molecule has 1 heterocycles. The van der Waals surface area contributed by atoms with Crippen LogP contribution < -0.4 is 0 Å². The normalized spacial score (nSPS) is 13.0. The van der Waals surface area contributed by atoms with Crippen LogP contribution in [0.5, 0.6) is 0 Å². The number of carbonyl (C=O) groups is 3. The highest BCUT2D eigenvalue weighted by Crippen LogP contribution is 2.30. The zero-order valence-electron chi connectivity index (χ0n) is 13.8. The lowest BCUT2D eigenvalue weighted by Crippen LogP contribution is -1.99. The van der Waals surface area contributed by atoms with Gasteiger partial charge in [-0.2, -0.15) is 0 Å². The molecule has 3 aromatic rings.